The van der Waals surface area contributed by atoms with Crippen LogP contribution in [0.25, 0.3) is 0 Å². The van der Waals surface area contributed by atoms with Gasteiger partial charge in [-0.1, -0.05) is 6.92 Å². The second-order valence-corrected chi connectivity index (χ2v) is 3.46. The third-order valence-corrected chi connectivity index (χ3v) is 2.20. The minimum absolute atomic E-state index is 0.0326. The first-order valence-corrected chi connectivity index (χ1v) is 4.50. The summed E-state index contributed by atoms with van der Waals surface area (Å²) in [5, 5.41) is 2.36. The molecule has 0 aromatic heterocycles. The summed E-state index contributed by atoms with van der Waals surface area (Å²) in [7, 11) is 0. The zero-order valence-corrected chi connectivity index (χ0v) is 8.01. The molecule has 1 atom stereocenters. The van der Waals surface area contributed by atoms with Crippen molar-refractivity contribution >= 4 is 11.6 Å². The van der Waals surface area contributed by atoms with Gasteiger partial charge in [-0.15, -0.1) is 0 Å². The average Bonchev–Trinajstić information content (AvgIpc) is 2.30. The Morgan fingerprint density at radius 1 is 1.47 bits per heavy atom. The van der Waals surface area contributed by atoms with E-state index in [1.807, 2.05) is 0 Å². The van der Waals surface area contributed by atoms with Crippen LogP contribution in [0.3, 0.4) is 0 Å². The molecular formula is C10H9F2NO2. The van der Waals surface area contributed by atoms with Gasteiger partial charge in [-0.2, -0.15) is 0 Å². The highest BCUT2D eigenvalue weighted by Gasteiger charge is 2.23. The first-order chi connectivity index (χ1) is 7.08. The quantitative estimate of drug-likeness (QED) is 0.715. The smallest absolute Gasteiger partial charge is 0.230 e. The summed E-state index contributed by atoms with van der Waals surface area (Å²) in [6.45, 7) is 1.76. The topological polar surface area (TPSA) is 38.3 Å². The summed E-state index contributed by atoms with van der Waals surface area (Å²) in [4.78, 5) is 11.4. The Kier molecular flexibility index (Phi) is 2.30. The molecular weight excluding hydrogens is 204 g/mol. The number of carbonyl (C=O) groups excluding carboxylic acids is 1. The second-order valence-electron chi connectivity index (χ2n) is 3.46. The Morgan fingerprint density at radius 2 is 2.20 bits per heavy atom. The third kappa shape index (κ3) is 1.77. The molecule has 1 aromatic rings. The number of benzene rings is 1. The van der Waals surface area contributed by atoms with Crippen molar-refractivity contribution in [3.63, 3.8) is 0 Å². The van der Waals surface area contributed by atoms with Crippen molar-refractivity contribution in [3.05, 3.63) is 23.8 Å². The molecule has 0 bridgehead atoms. The van der Waals surface area contributed by atoms with Crippen molar-refractivity contribution in [3.8, 4) is 5.75 Å². The maximum absolute atomic E-state index is 13.3. The molecule has 1 amide bonds. The number of hydrogen-bond acceptors (Lipinski definition) is 2. The number of hydrogen-bond donors (Lipinski definition) is 1. The predicted octanol–water partition coefficient (Wildman–Crippen LogP) is 1.93. The van der Waals surface area contributed by atoms with E-state index >= 15 is 0 Å². The number of anilines is 1. The lowest BCUT2D eigenvalue weighted by Crippen LogP contribution is -2.22. The summed E-state index contributed by atoms with van der Waals surface area (Å²) in [6.07, 6.45) is 0. The van der Waals surface area contributed by atoms with Crippen LogP contribution in [0.1, 0.15) is 6.92 Å². The Hall–Kier alpha value is -1.65. The molecule has 0 saturated heterocycles. The molecule has 1 aliphatic rings. The third-order valence-electron chi connectivity index (χ3n) is 2.20. The van der Waals surface area contributed by atoms with E-state index in [0.29, 0.717) is 6.07 Å². The molecule has 15 heavy (non-hydrogen) atoms. The number of carbonyl (C=O) groups is 1. The molecule has 1 aromatic carbocycles. The number of nitrogens with one attached hydrogen (secondary N) is 1. The summed E-state index contributed by atoms with van der Waals surface area (Å²) in [6, 6.07) is 1.76. The Labute approximate surface area is 85.0 Å². The monoisotopic (exact) mass is 213 g/mol. The molecule has 0 aliphatic carbocycles. The molecule has 0 spiro atoms. The van der Waals surface area contributed by atoms with E-state index in [1.54, 1.807) is 6.92 Å². The van der Waals surface area contributed by atoms with Gasteiger partial charge in [0, 0.05) is 12.1 Å². The molecule has 0 saturated carbocycles. The zero-order chi connectivity index (χ0) is 11.0. The zero-order valence-electron chi connectivity index (χ0n) is 8.01. The maximum atomic E-state index is 13.3. The SMILES string of the molecule is CC1COc2cc(F)cc(F)c2NC1=O. The van der Waals surface area contributed by atoms with Gasteiger partial charge < -0.3 is 10.1 Å². The molecule has 5 heteroatoms. The Balaban J connectivity index is 2.47. The lowest BCUT2D eigenvalue weighted by molar-refractivity contribution is -0.119. The minimum atomic E-state index is -0.826. The summed E-state index contributed by atoms with van der Waals surface area (Å²) >= 11 is 0. The van der Waals surface area contributed by atoms with E-state index in [1.165, 1.54) is 0 Å². The molecule has 80 valence electrons. The van der Waals surface area contributed by atoms with E-state index in [0.717, 1.165) is 6.07 Å². The van der Waals surface area contributed by atoms with Gasteiger partial charge in [-0.25, -0.2) is 8.78 Å². The van der Waals surface area contributed by atoms with E-state index in [2.05, 4.69) is 5.32 Å². The van der Waals surface area contributed by atoms with Crippen molar-refractivity contribution in [2.75, 3.05) is 11.9 Å². The van der Waals surface area contributed by atoms with Gasteiger partial charge >= 0.3 is 0 Å². The van der Waals surface area contributed by atoms with Crippen LogP contribution >= 0.6 is 0 Å². The van der Waals surface area contributed by atoms with Crippen molar-refractivity contribution in [1.29, 1.82) is 0 Å². The predicted molar refractivity (Wildman–Crippen MR) is 49.6 cm³/mol. The van der Waals surface area contributed by atoms with Gasteiger partial charge in [0.2, 0.25) is 5.91 Å². The van der Waals surface area contributed by atoms with Gasteiger partial charge in [-0.3, -0.25) is 4.79 Å². The lowest BCUT2D eigenvalue weighted by atomic mass is 10.2. The van der Waals surface area contributed by atoms with E-state index in [-0.39, 0.29) is 29.9 Å². The van der Waals surface area contributed by atoms with Gasteiger partial charge in [0.15, 0.2) is 5.82 Å². The van der Waals surface area contributed by atoms with Gasteiger partial charge in [0.1, 0.15) is 17.3 Å². The number of fused-ring (bicyclic) bond motifs is 1. The normalized spacial score (nSPS) is 19.9. The first-order valence-electron chi connectivity index (χ1n) is 4.50. The van der Waals surface area contributed by atoms with Crippen LogP contribution in [0.2, 0.25) is 0 Å². The molecule has 1 aliphatic heterocycles. The van der Waals surface area contributed by atoms with Crippen LogP contribution in [0.4, 0.5) is 14.5 Å². The fourth-order valence-electron chi connectivity index (χ4n) is 1.32. The standard InChI is InChI=1S/C10H9F2NO2/c1-5-4-15-8-3-6(11)2-7(12)9(8)13-10(5)14/h2-3,5H,4H2,1H3,(H,13,14). The van der Waals surface area contributed by atoms with Gasteiger partial charge in [0.25, 0.3) is 0 Å². The highest BCUT2D eigenvalue weighted by Crippen LogP contribution is 2.31. The maximum Gasteiger partial charge on any atom is 0.230 e. The van der Waals surface area contributed by atoms with Crippen LogP contribution in [-0.2, 0) is 4.79 Å². The molecule has 3 nitrogen and oxygen atoms in total. The Morgan fingerprint density at radius 3 is 2.93 bits per heavy atom. The fourth-order valence-corrected chi connectivity index (χ4v) is 1.32. The largest absolute Gasteiger partial charge is 0.490 e. The van der Waals surface area contributed by atoms with Crippen LogP contribution in [0.5, 0.6) is 5.75 Å². The van der Waals surface area contributed by atoms with E-state index in [9.17, 15) is 13.6 Å². The van der Waals surface area contributed by atoms with Crippen LogP contribution in [0, 0.1) is 17.6 Å². The number of amides is 1. The molecule has 0 radical (unpaired) electrons. The van der Waals surface area contributed by atoms with Crippen molar-refractivity contribution in [2.45, 2.75) is 6.92 Å². The highest BCUT2D eigenvalue weighted by atomic mass is 19.1. The molecule has 1 N–H and O–H groups in total. The second kappa shape index (κ2) is 3.49. The number of ether oxygens (including phenoxy) is 1. The van der Waals surface area contributed by atoms with Gasteiger partial charge in [-0.05, 0) is 0 Å². The van der Waals surface area contributed by atoms with Crippen LogP contribution < -0.4 is 10.1 Å². The highest BCUT2D eigenvalue weighted by molar-refractivity contribution is 5.94. The molecule has 1 heterocycles. The molecule has 0 fully saturated rings. The lowest BCUT2D eigenvalue weighted by Gasteiger charge is -2.07. The molecule has 2 rings (SSSR count). The minimum Gasteiger partial charge on any atom is -0.490 e. The van der Waals surface area contributed by atoms with Crippen LogP contribution in [0.15, 0.2) is 12.1 Å². The number of halogens is 2. The van der Waals surface area contributed by atoms with Crippen LogP contribution in [-0.4, -0.2) is 12.5 Å². The van der Waals surface area contributed by atoms with Gasteiger partial charge in [0.05, 0.1) is 12.5 Å². The first kappa shape index (κ1) is 9.89. The fraction of sp³-hybridized carbons (Fsp3) is 0.300. The van der Waals surface area contributed by atoms with Crippen molar-refractivity contribution in [1.82, 2.24) is 0 Å². The van der Waals surface area contributed by atoms with Crippen molar-refractivity contribution < 1.29 is 18.3 Å². The summed E-state index contributed by atoms with van der Waals surface area (Å²) in [5.74, 6) is -2.24. The average molecular weight is 213 g/mol. The summed E-state index contributed by atoms with van der Waals surface area (Å²) in [5.41, 5.74) is -0.0919. The Bertz CT molecular complexity index is 420. The van der Waals surface area contributed by atoms with Crippen molar-refractivity contribution in [2.24, 2.45) is 5.92 Å². The van der Waals surface area contributed by atoms with E-state index < -0.39 is 11.6 Å². The molecule has 1 unspecified atom stereocenters. The van der Waals surface area contributed by atoms with E-state index in [4.69, 9.17) is 4.74 Å². The summed E-state index contributed by atoms with van der Waals surface area (Å²) < 4.78 is 31.3. The number of rotatable bonds is 0.